The Morgan fingerprint density at radius 2 is 1.86 bits per heavy atom. The molecule has 1 saturated heterocycles. The molecule has 1 saturated carbocycles. The molecule has 7 heteroatoms. The highest BCUT2D eigenvalue weighted by Crippen LogP contribution is 2.39. The maximum Gasteiger partial charge on any atom is 0.268 e. The maximum atomic E-state index is 12.7. The largest absolute Gasteiger partial charge is 0.364 e. The van der Waals surface area contributed by atoms with E-state index < -0.39 is 5.91 Å². The second-order valence-corrected chi connectivity index (χ2v) is 7.68. The molecule has 0 spiro atoms. The second-order valence-electron chi connectivity index (χ2n) is 7.68. The van der Waals surface area contributed by atoms with Crippen molar-refractivity contribution < 1.29 is 9.59 Å². The van der Waals surface area contributed by atoms with Gasteiger partial charge < -0.3 is 16.0 Å². The molecule has 1 aromatic heterocycles. The first kappa shape index (κ1) is 18.4. The van der Waals surface area contributed by atoms with Gasteiger partial charge in [-0.1, -0.05) is 12.1 Å². The van der Waals surface area contributed by atoms with Gasteiger partial charge >= 0.3 is 0 Å². The average Bonchev–Trinajstić information content (AvgIpc) is 3.55. The molecule has 0 unspecified atom stereocenters. The molecular weight excluding hydrogens is 354 g/mol. The lowest BCUT2D eigenvalue weighted by Gasteiger charge is -2.40. The van der Waals surface area contributed by atoms with Crippen LogP contribution < -0.4 is 16.0 Å². The third-order valence-corrected chi connectivity index (χ3v) is 5.71. The molecule has 2 aromatic rings. The zero-order chi connectivity index (χ0) is 19.7. The standard InChI is InChI=1S/C21H25N5O2/c1-13-17(25-21(28)16-8-6-15(7-9-16)14-4-5-14)3-2-10-26(13)19-12-23-18(11-24-19)20(22)27/h6-9,11-14,17H,2-5,10H2,1H3,(H2,22,27)(H,25,28)/t13-,17-/m1/s1. The van der Waals surface area contributed by atoms with Crippen LogP contribution in [-0.2, 0) is 0 Å². The van der Waals surface area contributed by atoms with Crippen LogP contribution in [0.15, 0.2) is 36.7 Å². The van der Waals surface area contributed by atoms with Crippen LogP contribution in [0.2, 0.25) is 0 Å². The van der Waals surface area contributed by atoms with Crippen molar-refractivity contribution in [2.24, 2.45) is 5.73 Å². The molecule has 2 heterocycles. The summed E-state index contributed by atoms with van der Waals surface area (Å²) in [6, 6.07) is 8.06. The van der Waals surface area contributed by atoms with E-state index in [4.69, 9.17) is 5.73 Å². The summed E-state index contributed by atoms with van der Waals surface area (Å²) in [7, 11) is 0. The van der Waals surface area contributed by atoms with Gasteiger partial charge in [-0.2, -0.15) is 0 Å². The van der Waals surface area contributed by atoms with E-state index in [1.165, 1.54) is 24.6 Å². The Morgan fingerprint density at radius 1 is 1.11 bits per heavy atom. The summed E-state index contributed by atoms with van der Waals surface area (Å²) in [4.78, 5) is 34.4. The number of amides is 2. The topological polar surface area (TPSA) is 101 Å². The molecule has 1 aliphatic heterocycles. The number of primary amides is 1. The van der Waals surface area contributed by atoms with E-state index in [1.54, 1.807) is 6.20 Å². The van der Waals surface area contributed by atoms with Crippen LogP contribution in [0.5, 0.6) is 0 Å². The quantitative estimate of drug-likeness (QED) is 0.830. The number of carbonyl (C=O) groups is 2. The molecule has 2 fully saturated rings. The number of hydrogen-bond acceptors (Lipinski definition) is 5. The highest BCUT2D eigenvalue weighted by atomic mass is 16.2. The molecule has 0 radical (unpaired) electrons. The van der Waals surface area contributed by atoms with Gasteiger partial charge in [-0.3, -0.25) is 9.59 Å². The first-order valence-electron chi connectivity index (χ1n) is 9.82. The average molecular weight is 379 g/mol. The minimum Gasteiger partial charge on any atom is -0.364 e. The molecule has 146 valence electrons. The molecule has 2 amide bonds. The number of hydrogen-bond donors (Lipinski definition) is 2. The van der Waals surface area contributed by atoms with Crippen LogP contribution in [0.4, 0.5) is 5.82 Å². The Bertz CT molecular complexity index is 861. The van der Waals surface area contributed by atoms with Crippen LogP contribution >= 0.6 is 0 Å². The molecule has 4 rings (SSSR count). The first-order chi connectivity index (χ1) is 13.5. The van der Waals surface area contributed by atoms with Crippen molar-refractivity contribution in [3.8, 4) is 0 Å². The summed E-state index contributed by atoms with van der Waals surface area (Å²) in [5, 5.41) is 3.18. The van der Waals surface area contributed by atoms with Gasteiger partial charge in [-0.15, -0.1) is 0 Å². The van der Waals surface area contributed by atoms with Crippen molar-refractivity contribution >= 4 is 17.6 Å². The van der Waals surface area contributed by atoms with Crippen LogP contribution in [0.3, 0.4) is 0 Å². The number of aromatic nitrogens is 2. The number of carbonyl (C=O) groups excluding carboxylic acids is 2. The summed E-state index contributed by atoms with van der Waals surface area (Å²) in [6.07, 6.45) is 7.32. The monoisotopic (exact) mass is 379 g/mol. The molecule has 28 heavy (non-hydrogen) atoms. The van der Waals surface area contributed by atoms with E-state index in [9.17, 15) is 9.59 Å². The lowest BCUT2D eigenvalue weighted by molar-refractivity contribution is 0.0923. The van der Waals surface area contributed by atoms with Crippen molar-refractivity contribution in [3.05, 3.63) is 53.5 Å². The fourth-order valence-corrected chi connectivity index (χ4v) is 3.83. The van der Waals surface area contributed by atoms with Gasteiger partial charge in [0.1, 0.15) is 11.5 Å². The molecule has 1 aliphatic carbocycles. The zero-order valence-electron chi connectivity index (χ0n) is 16.0. The number of piperidine rings is 1. The summed E-state index contributed by atoms with van der Waals surface area (Å²) in [5.74, 6) is 0.733. The van der Waals surface area contributed by atoms with E-state index >= 15 is 0 Å². The zero-order valence-corrected chi connectivity index (χ0v) is 16.0. The highest BCUT2D eigenvalue weighted by molar-refractivity contribution is 5.94. The first-order valence-corrected chi connectivity index (χ1v) is 9.82. The van der Waals surface area contributed by atoms with Gasteiger partial charge in [0.25, 0.3) is 11.8 Å². The summed E-state index contributed by atoms with van der Waals surface area (Å²) in [5.41, 5.74) is 7.39. The molecule has 1 aromatic carbocycles. The van der Waals surface area contributed by atoms with Gasteiger partial charge in [0.05, 0.1) is 12.4 Å². The SMILES string of the molecule is C[C@@H]1[C@H](NC(=O)c2ccc(C3CC3)cc2)CCCN1c1cnc(C(N)=O)cn1. The molecular formula is C21H25N5O2. The predicted octanol–water partition coefficient (Wildman–Crippen LogP) is 2.24. The number of benzene rings is 1. The molecule has 3 N–H and O–H groups in total. The van der Waals surface area contributed by atoms with Crippen LogP contribution in [0.25, 0.3) is 0 Å². The molecule has 2 atom stereocenters. The molecule has 7 nitrogen and oxygen atoms in total. The fourth-order valence-electron chi connectivity index (χ4n) is 3.83. The van der Waals surface area contributed by atoms with Crippen molar-refractivity contribution in [2.45, 2.75) is 50.6 Å². The minimum absolute atomic E-state index is 0.0157. The Kier molecular flexibility index (Phi) is 4.98. The van der Waals surface area contributed by atoms with E-state index in [-0.39, 0.29) is 23.7 Å². The lowest BCUT2D eigenvalue weighted by atomic mass is 9.97. The summed E-state index contributed by atoms with van der Waals surface area (Å²) in [6.45, 7) is 2.90. The Balaban J connectivity index is 1.42. The lowest BCUT2D eigenvalue weighted by Crippen LogP contribution is -2.54. The van der Waals surface area contributed by atoms with E-state index in [2.05, 4.69) is 39.2 Å². The Labute approximate surface area is 164 Å². The number of anilines is 1. The summed E-state index contributed by atoms with van der Waals surface area (Å²) < 4.78 is 0. The number of rotatable bonds is 5. The predicted molar refractivity (Wildman–Crippen MR) is 106 cm³/mol. The molecule has 2 aliphatic rings. The number of nitrogens with one attached hydrogen (secondary N) is 1. The number of nitrogens with two attached hydrogens (primary N) is 1. The third kappa shape index (κ3) is 3.83. The minimum atomic E-state index is -0.594. The van der Waals surface area contributed by atoms with Crippen molar-refractivity contribution in [2.75, 3.05) is 11.4 Å². The fraction of sp³-hybridized carbons (Fsp3) is 0.429. The van der Waals surface area contributed by atoms with Gasteiger partial charge in [-0.05, 0) is 56.2 Å². The van der Waals surface area contributed by atoms with Crippen LogP contribution in [-0.4, -0.2) is 40.4 Å². The maximum absolute atomic E-state index is 12.7. The van der Waals surface area contributed by atoms with Crippen molar-refractivity contribution in [1.82, 2.24) is 15.3 Å². The van der Waals surface area contributed by atoms with E-state index in [0.29, 0.717) is 17.3 Å². The normalized spacial score (nSPS) is 22.0. The van der Waals surface area contributed by atoms with Crippen LogP contribution in [0.1, 0.15) is 64.9 Å². The van der Waals surface area contributed by atoms with Crippen LogP contribution in [0, 0.1) is 0 Å². The van der Waals surface area contributed by atoms with Crippen molar-refractivity contribution in [1.29, 1.82) is 0 Å². The smallest absolute Gasteiger partial charge is 0.268 e. The van der Waals surface area contributed by atoms with Gasteiger partial charge in [0, 0.05) is 24.2 Å². The van der Waals surface area contributed by atoms with Gasteiger partial charge in [-0.25, -0.2) is 9.97 Å². The highest BCUT2D eigenvalue weighted by Gasteiger charge is 2.30. The Morgan fingerprint density at radius 3 is 2.46 bits per heavy atom. The summed E-state index contributed by atoms with van der Waals surface area (Å²) >= 11 is 0. The van der Waals surface area contributed by atoms with Gasteiger partial charge in [0.15, 0.2) is 0 Å². The third-order valence-electron chi connectivity index (χ3n) is 5.71. The van der Waals surface area contributed by atoms with E-state index in [0.717, 1.165) is 19.4 Å². The second kappa shape index (κ2) is 7.58. The van der Waals surface area contributed by atoms with E-state index in [1.807, 2.05) is 12.1 Å². The van der Waals surface area contributed by atoms with Gasteiger partial charge in [0.2, 0.25) is 0 Å². The number of nitrogens with zero attached hydrogens (tertiary/aromatic N) is 3. The Hall–Kier alpha value is -2.96. The van der Waals surface area contributed by atoms with Crippen molar-refractivity contribution in [3.63, 3.8) is 0 Å². The molecule has 0 bridgehead atoms.